The first-order chi connectivity index (χ1) is 6.25. The molecule has 4 nitrogen and oxygen atoms in total. The van der Waals surface area contributed by atoms with Crippen molar-refractivity contribution in [2.24, 2.45) is 5.92 Å². The highest BCUT2D eigenvalue weighted by Gasteiger charge is 2.30. The molecule has 2 atom stereocenters. The highest BCUT2D eigenvalue weighted by molar-refractivity contribution is 5.74. The lowest BCUT2D eigenvalue weighted by Gasteiger charge is -2.17. The summed E-state index contributed by atoms with van der Waals surface area (Å²) in [4.78, 5) is 10.8. The Kier molecular flexibility index (Phi) is 3.74. The fourth-order valence-electron chi connectivity index (χ4n) is 1.44. The minimum atomic E-state index is -0.856. The number of carbonyl (C=O) groups is 1. The lowest BCUT2D eigenvalue weighted by molar-refractivity contribution is -0.140. The summed E-state index contributed by atoms with van der Waals surface area (Å²) in [6.07, 6.45) is 5.83. The lowest BCUT2D eigenvalue weighted by atomic mass is 9.99. The van der Waals surface area contributed by atoms with Gasteiger partial charge in [-0.05, 0) is 6.42 Å². The second kappa shape index (κ2) is 4.85. The van der Waals surface area contributed by atoms with Gasteiger partial charge in [0.15, 0.2) is 0 Å². The summed E-state index contributed by atoms with van der Waals surface area (Å²) >= 11 is 0. The zero-order chi connectivity index (χ0) is 9.68. The van der Waals surface area contributed by atoms with Crippen LogP contribution in [0.5, 0.6) is 0 Å². The van der Waals surface area contributed by atoms with Gasteiger partial charge in [-0.25, -0.2) is 0 Å². The van der Waals surface area contributed by atoms with Gasteiger partial charge in [0.2, 0.25) is 0 Å². The minimum Gasteiger partial charge on any atom is -0.480 e. The van der Waals surface area contributed by atoms with E-state index >= 15 is 0 Å². The molecular weight excluding hydrogens is 170 g/mol. The van der Waals surface area contributed by atoms with Crippen LogP contribution in [0.15, 0.2) is 0 Å². The molecule has 0 amide bonds. The summed E-state index contributed by atoms with van der Waals surface area (Å²) in [6, 6.07) is -0.571. The van der Waals surface area contributed by atoms with Crippen molar-refractivity contribution in [2.45, 2.75) is 12.5 Å². The number of hydrogen-bond acceptors (Lipinski definition) is 3. The quantitative estimate of drug-likeness (QED) is 0.587. The van der Waals surface area contributed by atoms with Crippen LogP contribution in [0.25, 0.3) is 0 Å². The Hall–Kier alpha value is -1.05. The molecule has 1 aliphatic rings. The summed E-state index contributed by atoms with van der Waals surface area (Å²) < 4.78 is 5.11. The number of rotatable bonds is 4. The maximum absolute atomic E-state index is 10.8. The van der Waals surface area contributed by atoms with E-state index in [1.807, 2.05) is 0 Å². The van der Waals surface area contributed by atoms with E-state index in [0.29, 0.717) is 13.2 Å². The van der Waals surface area contributed by atoms with Crippen molar-refractivity contribution in [2.75, 3.05) is 19.8 Å². The molecule has 1 rings (SSSR count). The van der Waals surface area contributed by atoms with Gasteiger partial charge in [0, 0.05) is 12.5 Å². The van der Waals surface area contributed by atoms with E-state index in [2.05, 4.69) is 11.2 Å². The zero-order valence-electron chi connectivity index (χ0n) is 7.32. The molecule has 1 aliphatic heterocycles. The van der Waals surface area contributed by atoms with Gasteiger partial charge in [-0.1, -0.05) is 5.92 Å². The largest absolute Gasteiger partial charge is 0.480 e. The number of ether oxygens (including phenoxy) is 1. The van der Waals surface area contributed by atoms with Gasteiger partial charge in [-0.2, -0.15) is 0 Å². The number of nitrogens with one attached hydrogen (secondary N) is 1. The Morgan fingerprint density at radius 3 is 3.08 bits per heavy atom. The fourth-order valence-corrected chi connectivity index (χ4v) is 1.44. The Morgan fingerprint density at radius 2 is 2.62 bits per heavy atom. The summed E-state index contributed by atoms with van der Waals surface area (Å²) in [7, 11) is 0. The molecule has 2 N–H and O–H groups in total. The van der Waals surface area contributed by atoms with Gasteiger partial charge >= 0.3 is 5.97 Å². The first kappa shape index (κ1) is 10.0. The van der Waals surface area contributed by atoms with Crippen LogP contribution in [0.1, 0.15) is 6.42 Å². The second-order valence-corrected chi connectivity index (χ2v) is 3.02. The molecule has 1 fully saturated rings. The SMILES string of the molecule is C#CCNC(C(=O)O)C1CCOC1. The Balaban J connectivity index is 2.46. The molecule has 13 heavy (non-hydrogen) atoms. The van der Waals surface area contributed by atoms with Crippen molar-refractivity contribution in [3.05, 3.63) is 0 Å². The third-order valence-corrected chi connectivity index (χ3v) is 2.13. The Bertz CT molecular complexity index is 215. The predicted molar refractivity (Wildman–Crippen MR) is 47.2 cm³/mol. The third kappa shape index (κ3) is 2.72. The smallest absolute Gasteiger partial charge is 0.321 e. The average Bonchev–Trinajstić information content (AvgIpc) is 2.57. The van der Waals surface area contributed by atoms with Crippen molar-refractivity contribution in [3.8, 4) is 12.3 Å². The second-order valence-electron chi connectivity index (χ2n) is 3.02. The Labute approximate surface area is 77.3 Å². The van der Waals surface area contributed by atoms with E-state index in [1.54, 1.807) is 0 Å². The van der Waals surface area contributed by atoms with Gasteiger partial charge in [0.05, 0.1) is 13.2 Å². The molecule has 0 saturated carbocycles. The molecule has 0 aromatic rings. The van der Waals surface area contributed by atoms with E-state index in [0.717, 1.165) is 6.42 Å². The predicted octanol–water partition coefficient (Wildman–Crippen LogP) is -0.301. The first-order valence-corrected chi connectivity index (χ1v) is 4.23. The van der Waals surface area contributed by atoms with Gasteiger partial charge in [-0.3, -0.25) is 10.1 Å². The monoisotopic (exact) mass is 183 g/mol. The van der Waals surface area contributed by atoms with Crippen LogP contribution in [0, 0.1) is 18.3 Å². The molecule has 0 aromatic carbocycles. The molecular formula is C9H13NO3. The topological polar surface area (TPSA) is 58.6 Å². The van der Waals surface area contributed by atoms with E-state index in [-0.39, 0.29) is 12.5 Å². The van der Waals surface area contributed by atoms with Crippen molar-refractivity contribution in [3.63, 3.8) is 0 Å². The average molecular weight is 183 g/mol. The lowest BCUT2D eigenvalue weighted by Crippen LogP contribution is -2.43. The number of carboxylic acid groups (broad SMARTS) is 1. The van der Waals surface area contributed by atoms with Gasteiger partial charge < -0.3 is 9.84 Å². The highest BCUT2D eigenvalue weighted by Crippen LogP contribution is 2.16. The molecule has 2 unspecified atom stereocenters. The van der Waals surface area contributed by atoms with Gasteiger partial charge in [0.1, 0.15) is 6.04 Å². The number of carboxylic acids is 1. The zero-order valence-corrected chi connectivity index (χ0v) is 7.32. The molecule has 0 spiro atoms. The standard InChI is InChI=1S/C9H13NO3/c1-2-4-10-8(9(11)12)7-3-5-13-6-7/h1,7-8,10H,3-6H2,(H,11,12). The molecule has 4 heteroatoms. The van der Waals surface area contributed by atoms with E-state index in [9.17, 15) is 4.79 Å². The first-order valence-electron chi connectivity index (χ1n) is 4.23. The van der Waals surface area contributed by atoms with Crippen molar-refractivity contribution in [1.29, 1.82) is 0 Å². The van der Waals surface area contributed by atoms with E-state index < -0.39 is 12.0 Å². The van der Waals surface area contributed by atoms with Crippen LogP contribution in [0.2, 0.25) is 0 Å². The third-order valence-electron chi connectivity index (χ3n) is 2.13. The van der Waals surface area contributed by atoms with Crippen molar-refractivity contribution < 1.29 is 14.6 Å². The van der Waals surface area contributed by atoms with Crippen LogP contribution < -0.4 is 5.32 Å². The molecule has 0 aromatic heterocycles. The highest BCUT2D eigenvalue weighted by atomic mass is 16.5. The van der Waals surface area contributed by atoms with Crippen LogP contribution in [-0.2, 0) is 9.53 Å². The molecule has 1 heterocycles. The normalized spacial score (nSPS) is 23.8. The van der Waals surface area contributed by atoms with Crippen molar-refractivity contribution in [1.82, 2.24) is 5.32 Å². The summed E-state index contributed by atoms with van der Waals surface area (Å²) in [5.41, 5.74) is 0. The number of terminal acetylenes is 1. The summed E-state index contributed by atoms with van der Waals surface area (Å²) in [5.74, 6) is 1.55. The van der Waals surface area contributed by atoms with Crippen LogP contribution >= 0.6 is 0 Å². The minimum absolute atomic E-state index is 0.0471. The van der Waals surface area contributed by atoms with Crippen molar-refractivity contribution >= 4 is 5.97 Å². The molecule has 72 valence electrons. The molecule has 0 radical (unpaired) electrons. The fraction of sp³-hybridized carbons (Fsp3) is 0.667. The van der Waals surface area contributed by atoms with E-state index in [4.69, 9.17) is 16.3 Å². The van der Waals surface area contributed by atoms with E-state index in [1.165, 1.54) is 0 Å². The van der Waals surface area contributed by atoms with Crippen LogP contribution in [0.4, 0.5) is 0 Å². The van der Waals surface area contributed by atoms with Gasteiger partial charge in [-0.15, -0.1) is 6.42 Å². The molecule has 0 bridgehead atoms. The maximum atomic E-state index is 10.8. The van der Waals surface area contributed by atoms with Crippen LogP contribution in [-0.4, -0.2) is 36.9 Å². The summed E-state index contributed by atoms with van der Waals surface area (Å²) in [6.45, 7) is 1.44. The number of hydrogen-bond donors (Lipinski definition) is 2. The van der Waals surface area contributed by atoms with Crippen LogP contribution in [0.3, 0.4) is 0 Å². The molecule has 1 saturated heterocycles. The molecule has 0 aliphatic carbocycles. The maximum Gasteiger partial charge on any atom is 0.321 e. The number of aliphatic carboxylic acids is 1. The van der Waals surface area contributed by atoms with Gasteiger partial charge in [0.25, 0.3) is 0 Å². The Morgan fingerprint density at radius 1 is 1.85 bits per heavy atom. The summed E-state index contributed by atoms with van der Waals surface area (Å²) in [5, 5.41) is 11.7.